The number of aliphatic hydroxyl groups is 1. The van der Waals surface area contributed by atoms with Crippen molar-refractivity contribution in [2.75, 3.05) is 0 Å². The van der Waals surface area contributed by atoms with Crippen LogP contribution in [0.15, 0.2) is 35.1 Å². The van der Waals surface area contributed by atoms with Gasteiger partial charge in [-0.2, -0.15) is 0 Å². The predicted molar refractivity (Wildman–Crippen MR) is 122 cm³/mol. The number of nitrogens with zero attached hydrogens (tertiary/aromatic N) is 2. The number of carbonyl (C=O) groups excluding carboxylic acids is 2. The minimum absolute atomic E-state index is 0.0988. The Labute approximate surface area is 189 Å². The van der Waals surface area contributed by atoms with Gasteiger partial charge in [0.25, 0.3) is 5.56 Å². The van der Waals surface area contributed by atoms with Crippen LogP contribution in [0.2, 0.25) is 0 Å². The van der Waals surface area contributed by atoms with E-state index in [-0.39, 0.29) is 18.6 Å². The summed E-state index contributed by atoms with van der Waals surface area (Å²) in [5.74, 6) is -1.26. The van der Waals surface area contributed by atoms with Gasteiger partial charge in [-0.25, -0.2) is 9.78 Å². The zero-order valence-electron chi connectivity index (χ0n) is 18.3. The van der Waals surface area contributed by atoms with E-state index in [1.165, 1.54) is 6.08 Å². The zero-order valence-corrected chi connectivity index (χ0v) is 18.3. The number of rotatable bonds is 4. The molecule has 2 aliphatic rings. The molecule has 1 amide bonds. The van der Waals surface area contributed by atoms with Gasteiger partial charge in [-0.3, -0.25) is 9.59 Å². The van der Waals surface area contributed by atoms with Crippen molar-refractivity contribution in [3.05, 3.63) is 68.5 Å². The van der Waals surface area contributed by atoms with Gasteiger partial charge in [0, 0.05) is 22.6 Å². The number of hydrogen-bond donors (Lipinski definition) is 2. The standard InChI is InChI=1S/C25H23N3O5/c1-3-14-15-9-13(6-8-21(26)29)5-7-19(15)27-22-16(14)11-28-20(22)10-18-17(23(28)30)12-33-24(31)25(18,32)4-2/h5-10,32H,3-4,11-12H2,1-2H3,(H2,26,29). The van der Waals surface area contributed by atoms with Crippen LogP contribution in [0.25, 0.3) is 28.4 Å². The summed E-state index contributed by atoms with van der Waals surface area (Å²) in [6.45, 7) is 3.92. The summed E-state index contributed by atoms with van der Waals surface area (Å²) in [6.07, 6.45) is 3.78. The number of aryl methyl sites for hydroxylation is 1. The fraction of sp³-hybridized carbons (Fsp3) is 0.280. The number of amides is 1. The number of carbonyl (C=O) groups is 2. The highest BCUT2D eigenvalue weighted by atomic mass is 16.6. The van der Waals surface area contributed by atoms with Crippen molar-refractivity contribution in [1.29, 1.82) is 0 Å². The van der Waals surface area contributed by atoms with Gasteiger partial charge in [0.15, 0.2) is 5.60 Å². The molecule has 4 heterocycles. The number of ether oxygens (including phenoxy) is 1. The van der Waals surface area contributed by atoms with Crippen molar-refractivity contribution in [3.8, 4) is 11.4 Å². The Morgan fingerprint density at radius 3 is 2.76 bits per heavy atom. The maximum Gasteiger partial charge on any atom is 0.343 e. The Morgan fingerprint density at radius 1 is 1.27 bits per heavy atom. The van der Waals surface area contributed by atoms with Crippen LogP contribution in [-0.2, 0) is 39.5 Å². The molecule has 2 aliphatic heterocycles. The smallest absolute Gasteiger partial charge is 0.343 e. The molecular weight excluding hydrogens is 422 g/mol. The predicted octanol–water partition coefficient (Wildman–Crippen LogP) is 2.14. The Kier molecular flexibility index (Phi) is 4.72. The second kappa shape index (κ2) is 7.38. The molecule has 0 spiro atoms. The van der Waals surface area contributed by atoms with E-state index in [1.54, 1.807) is 23.6 Å². The lowest BCUT2D eigenvalue weighted by Gasteiger charge is -2.31. The van der Waals surface area contributed by atoms with E-state index in [4.69, 9.17) is 15.5 Å². The van der Waals surface area contributed by atoms with Crippen molar-refractivity contribution in [2.45, 2.75) is 45.4 Å². The number of nitrogens with two attached hydrogens (primary N) is 1. The number of primary amides is 1. The molecule has 0 fully saturated rings. The van der Waals surface area contributed by atoms with Gasteiger partial charge >= 0.3 is 5.97 Å². The molecular formula is C25H23N3O5. The summed E-state index contributed by atoms with van der Waals surface area (Å²) in [4.78, 5) is 41.7. The third-order valence-electron chi connectivity index (χ3n) is 6.62. The maximum atomic E-state index is 13.4. The van der Waals surface area contributed by atoms with Crippen LogP contribution in [0.4, 0.5) is 0 Å². The van der Waals surface area contributed by atoms with Crippen LogP contribution in [0.1, 0.15) is 48.1 Å². The molecule has 0 aliphatic carbocycles. The van der Waals surface area contributed by atoms with Crippen molar-refractivity contribution >= 4 is 28.9 Å². The molecule has 0 bridgehead atoms. The minimum atomic E-state index is -1.85. The molecule has 3 N–H and O–H groups in total. The molecule has 2 aromatic heterocycles. The Bertz CT molecular complexity index is 1450. The molecule has 1 unspecified atom stereocenters. The second-order valence-electron chi connectivity index (χ2n) is 8.39. The molecule has 0 radical (unpaired) electrons. The first-order valence-electron chi connectivity index (χ1n) is 10.9. The van der Waals surface area contributed by atoms with Crippen molar-refractivity contribution in [1.82, 2.24) is 9.55 Å². The molecule has 3 aromatic rings. The van der Waals surface area contributed by atoms with Gasteiger partial charge < -0.3 is 20.1 Å². The molecule has 33 heavy (non-hydrogen) atoms. The van der Waals surface area contributed by atoms with Gasteiger partial charge in [-0.1, -0.05) is 19.9 Å². The summed E-state index contributed by atoms with van der Waals surface area (Å²) in [5, 5.41) is 12.0. The quantitative estimate of drug-likeness (QED) is 0.366. The van der Waals surface area contributed by atoms with Crippen LogP contribution in [0.3, 0.4) is 0 Å². The highest BCUT2D eigenvalue weighted by molar-refractivity contribution is 5.93. The van der Waals surface area contributed by atoms with Crippen molar-refractivity contribution in [3.63, 3.8) is 0 Å². The Morgan fingerprint density at radius 2 is 2.06 bits per heavy atom. The Hall–Kier alpha value is -3.78. The monoisotopic (exact) mass is 445 g/mol. The van der Waals surface area contributed by atoms with Crippen LogP contribution in [0.5, 0.6) is 0 Å². The average Bonchev–Trinajstić information content (AvgIpc) is 3.17. The summed E-state index contributed by atoms with van der Waals surface area (Å²) in [6, 6.07) is 7.39. The van der Waals surface area contributed by atoms with E-state index in [0.717, 1.165) is 27.6 Å². The second-order valence-corrected chi connectivity index (χ2v) is 8.39. The third-order valence-corrected chi connectivity index (χ3v) is 6.62. The third kappa shape index (κ3) is 3.01. The lowest BCUT2D eigenvalue weighted by atomic mass is 9.86. The number of hydrogen-bond acceptors (Lipinski definition) is 6. The molecule has 5 rings (SSSR count). The lowest BCUT2D eigenvalue weighted by Crippen LogP contribution is -2.44. The SMILES string of the molecule is CCc1c2c(nc3ccc(C=CC(N)=O)cc13)-c1cc3c(c(=O)n1C2)COC(=O)C3(O)CC. The number of cyclic esters (lactones) is 1. The average molecular weight is 445 g/mol. The van der Waals surface area contributed by atoms with Gasteiger partial charge in [0.2, 0.25) is 5.91 Å². The summed E-state index contributed by atoms with van der Waals surface area (Å²) >= 11 is 0. The van der Waals surface area contributed by atoms with E-state index >= 15 is 0 Å². The first-order chi connectivity index (χ1) is 15.8. The zero-order chi connectivity index (χ0) is 23.5. The number of aromatic nitrogens is 2. The molecule has 0 saturated heterocycles. The number of esters is 1. The van der Waals surface area contributed by atoms with Crippen LogP contribution < -0.4 is 11.3 Å². The van der Waals surface area contributed by atoms with E-state index in [2.05, 4.69) is 0 Å². The first kappa shape index (κ1) is 21.1. The van der Waals surface area contributed by atoms with Gasteiger partial charge in [-0.05, 0) is 48.2 Å². The molecule has 8 nitrogen and oxygen atoms in total. The highest BCUT2D eigenvalue weighted by Crippen LogP contribution is 2.40. The topological polar surface area (TPSA) is 125 Å². The van der Waals surface area contributed by atoms with Crippen molar-refractivity contribution < 1.29 is 19.4 Å². The van der Waals surface area contributed by atoms with E-state index in [1.807, 2.05) is 25.1 Å². The molecule has 168 valence electrons. The van der Waals surface area contributed by atoms with Crippen LogP contribution >= 0.6 is 0 Å². The number of fused-ring (bicyclic) bond motifs is 5. The van der Waals surface area contributed by atoms with Crippen LogP contribution in [-0.4, -0.2) is 26.5 Å². The van der Waals surface area contributed by atoms with Gasteiger partial charge in [-0.15, -0.1) is 0 Å². The van der Waals surface area contributed by atoms with Gasteiger partial charge in [0.05, 0.1) is 29.0 Å². The summed E-state index contributed by atoms with van der Waals surface area (Å²) < 4.78 is 6.77. The molecule has 1 aromatic carbocycles. The van der Waals surface area contributed by atoms with E-state index in [0.29, 0.717) is 35.5 Å². The lowest BCUT2D eigenvalue weighted by molar-refractivity contribution is -0.172. The fourth-order valence-corrected chi connectivity index (χ4v) is 4.87. The molecule has 8 heteroatoms. The normalized spacial score (nSPS) is 18.8. The summed E-state index contributed by atoms with van der Waals surface area (Å²) in [7, 11) is 0. The summed E-state index contributed by atoms with van der Waals surface area (Å²) in [5.41, 5.74) is 8.53. The number of pyridine rings is 2. The Balaban J connectivity index is 1.75. The fourth-order valence-electron chi connectivity index (χ4n) is 4.87. The largest absolute Gasteiger partial charge is 0.458 e. The molecule has 0 saturated carbocycles. The highest BCUT2D eigenvalue weighted by Gasteiger charge is 2.45. The van der Waals surface area contributed by atoms with Gasteiger partial charge in [0.1, 0.15) is 6.61 Å². The van der Waals surface area contributed by atoms with Crippen molar-refractivity contribution in [2.24, 2.45) is 5.73 Å². The van der Waals surface area contributed by atoms with E-state index < -0.39 is 17.5 Å². The minimum Gasteiger partial charge on any atom is -0.458 e. The first-order valence-corrected chi connectivity index (χ1v) is 10.9. The van der Waals surface area contributed by atoms with Crippen LogP contribution in [0, 0.1) is 0 Å². The molecule has 1 atom stereocenters. The van der Waals surface area contributed by atoms with E-state index in [9.17, 15) is 19.5 Å². The maximum absolute atomic E-state index is 13.4. The number of benzene rings is 1.